The minimum atomic E-state index is -0.811. The Labute approximate surface area is 127 Å². The van der Waals surface area contributed by atoms with E-state index in [1.165, 1.54) is 12.1 Å². The van der Waals surface area contributed by atoms with E-state index in [1.807, 2.05) is 11.4 Å². The standard InChI is InChI=1S/C16H19F2NOS/c1-3-6-19-15(16-9-12(20-2)10-21-16)8-11-4-5-13(17)14(18)7-11/h4-5,7,9-10,15,19H,3,6,8H2,1-2H3. The highest BCUT2D eigenvalue weighted by molar-refractivity contribution is 7.10. The van der Waals surface area contributed by atoms with Crippen LogP contribution in [-0.4, -0.2) is 13.7 Å². The topological polar surface area (TPSA) is 21.3 Å². The van der Waals surface area contributed by atoms with Gasteiger partial charge in [0, 0.05) is 16.3 Å². The highest BCUT2D eigenvalue weighted by Crippen LogP contribution is 2.29. The summed E-state index contributed by atoms with van der Waals surface area (Å²) in [7, 11) is 1.63. The van der Waals surface area contributed by atoms with Crippen LogP contribution in [0.25, 0.3) is 0 Å². The molecule has 0 amide bonds. The number of thiophene rings is 1. The van der Waals surface area contributed by atoms with Gasteiger partial charge in [0.1, 0.15) is 5.75 Å². The van der Waals surface area contributed by atoms with E-state index < -0.39 is 11.6 Å². The lowest BCUT2D eigenvalue weighted by molar-refractivity contribution is 0.415. The lowest BCUT2D eigenvalue weighted by Crippen LogP contribution is -2.23. The highest BCUT2D eigenvalue weighted by atomic mass is 32.1. The van der Waals surface area contributed by atoms with Gasteiger partial charge < -0.3 is 10.1 Å². The van der Waals surface area contributed by atoms with Crippen molar-refractivity contribution in [1.82, 2.24) is 5.32 Å². The Hall–Kier alpha value is -1.46. The summed E-state index contributed by atoms with van der Waals surface area (Å²) in [4.78, 5) is 1.13. The number of hydrogen-bond donors (Lipinski definition) is 1. The smallest absolute Gasteiger partial charge is 0.159 e. The largest absolute Gasteiger partial charge is 0.496 e. The van der Waals surface area contributed by atoms with Gasteiger partial charge in [-0.05, 0) is 43.1 Å². The Morgan fingerprint density at radius 3 is 2.67 bits per heavy atom. The minimum absolute atomic E-state index is 0.0729. The zero-order valence-corrected chi connectivity index (χ0v) is 13.0. The SMILES string of the molecule is CCCNC(Cc1ccc(F)c(F)c1)c1cc(OC)cs1. The first-order chi connectivity index (χ1) is 10.1. The fourth-order valence-corrected chi connectivity index (χ4v) is 3.05. The molecular weight excluding hydrogens is 292 g/mol. The number of ether oxygens (including phenoxy) is 1. The van der Waals surface area contributed by atoms with Gasteiger partial charge in [-0.25, -0.2) is 8.78 Å². The second-order valence-electron chi connectivity index (χ2n) is 4.85. The average Bonchev–Trinajstić information content (AvgIpc) is 2.96. The third kappa shape index (κ3) is 4.25. The van der Waals surface area contributed by atoms with Crippen molar-refractivity contribution < 1.29 is 13.5 Å². The molecular formula is C16H19F2NOS. The molecule has 0 saturated heterocycles. The maximum Gasteiger partial charge on any atom is 0.159 e. The highest BCUT2D eigenvalue weighted by Gasteiger charge is 2.15. The molecule has 0 bridgehead atoms. The molecule has 1 unspecified atom stereocenters. The number of benzene rings is 1. The summed E-state index contributed by atoms with van der Waals surface area (Å²) in [6.07, 6.45) is 1.62. The fraction of sp³-hybridized carbons (Fsp3) is 0.375. The van der Waals surface area contributed by atoms with Crippen molar-refractivity contribution in [2.75, 3.05) is 13.7 Å². The Kier molecular flexibility index (Phi) is 5.70. The second-order valence-corrected chi connectivity index (χ2v) is 5.79. The number of rotatable bonds is 7. The Bertz CT molecular complexity index is 585. The number of methoxy groups -OCH3 is 1. The summed E-state index contributed by atoms with van der Waals surface area (Å²) in [5.74, 6) is -0.788. The first-order valence-corrected chi connectivity index (χ1v) is 7.81. The van der Waals surface area contributed by atoms with E-state index in [2.05, 4.69) is 12.2 Å². The summed E-state index contributed by atoms with van der Waals surface area (Å²) in [5.41, 5.74) is 0.773. The van der Waals surface area contributed by atoms with Crippen LogP contribution in [-0.2, 0) is 6.42 Å². The lowest BCUT2D eigenvalue weighted by atomic mass is 10.0. The van der Waals surface area contributed by atoms with Gasteiger partial charge in [0.05, 0.1) is 7.11 Å². The molecule has 0 saturated carbocycles. The minimum Gasteiger partial charge on any atom is -0.496 e. The molecule has 1 heterocycles. The molecule has 5 heteroatoms. The molecule has 1 N–H and O–H groups in total. The Balaban J connectivity index is 2.17. The molecule has 21 heavy (non-hydrogen) atoms. The Morgan fingerprint density at radius 1 is 1.24 bits per heavy atom. The van der Waals surface area contributed by atoms with Crippen molar-refractivity contribution in [2.24, 2.45) is 0 Å². The normalized spacial score (nSPS) is 12.4. The van der Waals surface area contributed by atoms with E-state index in [9.17, 15) is 8.78 Å². The third-order valence-electron chi connectivity index (χ3n) is 3.24. The molecule has 114 valence electrons. The van der Waals surface area contributed by atoms with Gasteiger partial charge in [-0.1, -0.05) is 13.0 Å². The maximum atomic E-state index is 13.3. The summed E-state index contributed by atoms with van der Waals surface area (Å²) in [6, 6.07) is 6.13. The van der Waals surface area contributed by atoms with Crippen LogP contribution in [0.15, 0.2) is 29.6 Å². The molecule has 2 rings (SSSR count). The average molecular weight is 311 g/mol. The van der Waals surface area contributed by atoms with Crippen molar-refractivity contribution in [3.8, 4) is 5.75 Å². The maximum absolute atomic E-state index is 13.3. The van der Waals surface area contributed by atoms with Crippen LogP contribution in [0.2, 0.25) is 0 Å². The van der Waals surface area contributed by atoms with Crippen molar-refractivity contribution in [3.05, 3.63) is 51.7 Å². The van der Waals surface area contributed by atoms with Gasteiger partial charge in [-0.3, -0.25) is 0 Å². The molecule has 1 aromatic carbocycles. The molecule has 0 aliphatic rings. The second kappa shape index (κ2) is 7.52. The summed E-state index contributed by atoms with van der Waals surface area (Å²) in [6.45, 7) is 2.96. The van der Waals surface area contributed by atoms with Gasteiger partial charge >= 0.3 is 0 Å². The molecule has 0 aliphatic heterocycles. The van der Waals surface area contributed by atoms with Crippen molar-refractivity contribution >= 4 is 11.3 Å². The van der Waals surface area contributed by atoms with E-state index >= 15 is 0 Å². The number of hydrogen-bond acceptors (Lipinski definition) is 3. The van der Waals surface area contributed by atoms with Crippen molar-refractivity contribution in [1.29, 1.82) is 0 Å². The van der Waals surface area contributed by atoms with Crippen LogP contribution in [0.1, 0.15) is 29.8 Å². The summed E-state index contributed by atoms with van der Waals surface area (Å²) < 4.78 is 31.5. The molecule has 0 spiro atoms. The third-order valence-corrected chi connectivity index (χ3v) is 4.26. The zero-order valence-electron chi connectivity index (χ0n) is 12.2. The quantitative estimate of drug-likeness (QED) is 0.822. The van der Waals surface area contributed by atoms with E-state index in [4.69, 9.17) is 4.74 Å². The van der Waals surface area contributed by atoms with E-state index in [-0.39, 0.29) is 6.04 Å². The van der Waals surface area contributed by atoms with E-state index in [0.29, 0.717) is 6.42 Å². The monoisotopic (exact) mass is 311 g/mol. The molecule has 2 nitrogen and oxygen atoms in total. The molecule has 2 aromatic rings. The zero-order chi connectivity index (χ0) is 15.2. The molecule has 0 radical (unpaired) electrons. The van der Waals surface area contributed by atoms with Gasteiger partial charge in [0.15, 0.2) is 11.6 Å². The van der Waals surface area contributed by atoms with Crippen molar-refractivity contribution in [2.45, 2.75) is 25.8 Å². The molecule has 1 aromatic heterocycles. The first-order valence-electron chi connectivity index (χ1n) is 6.93. The van der Waals surface area contributed by atoms with Crippen LogP contribution < -0.4 is 10.1 Å². The lowest BCUT2D eigenvalue weighted by Gasteiger charge is -2.17. The van der Waals surface area contributed by atoms with Crippen LogP contribution in [0.3, 0.4) is 0 Å². The predicted molar refractivity (Wildman–Crippen MR) is 82.0 cm³/mol. The van der Waals surface area contributed by atoms with Gasteiger partial charge in [-0.2, -0.15) is 0 Å². The first kappa shape index (κ1) is 15.9. The Morgan fingerprint density at radius 2 is 2.05 bits per heavy atom. The number of halogens is 2. The van der Waals surface area contributed by atoms with Crippen LogP contribution in [0, 0.1) is 11.6 Å². The van der Waals surface area contributed by atoms with Gasteiger partial charge in [-0.15, -0.1) is 11.3 Å². The fourth-order valence-electron chi connectivity index (χ4n) is 2.12. The van der Waals surface area contributed by atoms with E-state index in [1.54, 1.807) is 24.5 Å². The summed E-state index contributed by atoms with van der Waals surface area (Å²) in [5, 5.41) is 5.39. The molecule has 1 atom stereocenters. The number of nitrogens with one attached hydrogen (secondary N) is 1. The van der Waals surface area contributed by atoms with Gasteiger partial charge in [0.2, 0.25) is 0 Å². The molecule has 0 fully saturated rings. The predicted octanol–water partition coefficient (Wildman–Crippen LogP) is 4.32. The van der Waals surface area contributed by atoms with Crippen LogP contribution in [0.4, 0.5) is 8.78 Å². The van der Waals surface area contributed by atoms with E-state index in [0.717, 1.165) is 29.2 Å². The van der Waals surface area contributed by atoms with Crippen LogP contribution in [0.5, 0.6) is 5.75 Å². The van der Waals surface area contributed by atoms with Gasteiger partial charge in [0.25, 0.3) is 0 Å². The van der Waals surface area contributed by atoms with Crippen molar-refractivity contribution in [3.63, 3.8) is 0 Å². The molecule has 0 aliphatic carbocycles. The summed E-state index contributed by atoms with van der Waals surface area (Å²) >= 11 is 1.60. The van der Waals surface area contributed by atoms with Crippen LogP contribution >= 0.6 is 11.3 Å².